The lowest BCUT2D eigenvalue weighted by Gasteiger charge is -2.23. The number of amides is 3. The van der Waals surface area contributed by atoms with Crippen molar-refractivity contribution in [1.82, 2.24) is 14.8 Å². The molecule has 2 aliphatic rings. The van der Waals surface area contributed by atoms with Gasteiger partial charge in [0.15, 0.2) is 0 Å². The van der Waals surface area contributed by atoms with E-state index >= 15 is 0 Å². The molecule has 0 aliphatic carbocycles. The minimum absolute atomic E-state index is 0.0284. The Labute approximate surface area is 196 Å². The van der Waals surface area contributed by atoms with E-state index in [-0.39, 0.29) is 17.2 Å². The molecule has 0 bridgehead atoms. The maximum atomic E-state index is 14.6. The first-order valence-corrected chi connectivity index (χ1v) is 11.1. The molecule has 34 heavy (non-hydrogen) atoms. The van der Waals surface area contributed by atoms with Crippen molar-refractivity contribution in [1.29, 1.82) is 0 Å². The van der Waals surface area contributed by atoms with Crippen LogP contribution in [0.5, 0.6) is 0 Å². The number of rotatable bonds is 6. The van der Waals surface area contributed by atoms with Crippen molar-refractivity contribution in [2.45, 2.75) is 19.8 Å². The van der Waals surface area contributed by atoms with Gasteiger partial charge in [-0.1, -0.05) is 0 Å². The van der Waals surface area contributed by atoms with Crippen molar-refractivity contribution in [2.24, 2.45) is 0 Å². The summed E-state index contributed by atoms with van der Waals surface area (Å²) in [6.07, 6.45) is 3.18. The monoisotopic (exact) mass is 469 g/mol. The molecule has 4 N–H and O–H groups in total. The Hall–Kier alpha value is -3.50. The first-order chi connectivity index (χ1) is 16.2. The van der Waals surface area contributed by atoms with Gasteiger partial charge in [0, 0.05) is 36.6 Å². The van der Waals surface area contributed by atoms with Crippen LogP contribution in [-0.4, -0.2) is 77.9 Å². The number of aromatic nitrogens is 1. The first-order valence-electron chi connectivity index (χ1n) is 11.1. The van der Waals surface area contributed by atoms with Crippen molar-refractivity contribution in [2.75, 3.05) is 51.0 Å². The van der Waals surface area contributed by atoms with Gasteiger partial charge in [-0.3, -0.25) is 14.4 Å². The molecule has 0 radical (unpaired) electrons. The van der Waals surface area contributed by atoms with E-state index in [2.05, 4.69) is 15.6 Å². The molecule has 10 heteroatoms. The van der Waals surface area contributed by atoms with Gasteiger partial charge in [-0.15, -0.1) is 0 Å². The number of aryl methyl sites for hydroxylation is 1. The molecule has 4 rings (SSSR count). The SMILES string of the molecule is Cc1c(/C=C2\C(=O)Nc3cc(NC(=O)CO)c(F)cc32)[nH]c2c1C(=O)N(CCN(C)C)CCC2. The summed E-state index contributed by atoms with van der Waals surface area (Å²) < 4.78 is 14.6. The van der Waals surface area contributed by atoms with E-state index in [4.69, 9.17) is 5.11 Å². The quantitative estimate of drug-likeness (QED) is 0.482. The second-order valence-electron chi connectivity index (χ2n) is 8.81. The molecule has 0 saturated carbocycles. The molecule has 0 saturated heterocycles. The normalized spacial score (nSPS) is 16.5. The van der Waals surface area contributed by atoms with Crippen molar-refractivity contribution in [3.8, 4) is 0 Å². The number of carbonyl (C=O) groups is 3. The summed E-state index contributed by atoms with van der Waals surface area (Å²) in [5.74, 6) is -1.93. The Bertz CT molecular complexity index is 1200. The number of aliphatic hydroxyl groups excluding tert-OH is 1. The van der Waals surface area contributed by atoms with Crippen LogP contribution >= 0.6 is 0 Å². The summed E-state index contributed by atoms with van der Waals surface area (Å²) in [5.41, 5.74) is 3.68. The number of hydrogen-bond donors (Lipinski definition) is 4. The zero-order valence-corrected chi connectivity index (χ0v) is 19.4. The minimum atomic E-state index is -0.782. The number of fused-ring (bicyclic) bond motifs is 2. The number of aliphatic hydroxyl groups is 1. The lowest BCUT2D eigenvalue weighted by atomic mass is 10.0. The highest BCUT2D eigenvalue weighted by atomic mass is 19.1. The molecule has 0 spiro atoms. The number of hydrogen-bond acceptors (Lipinski definition) is 5. The summed E-state index contributed by atoms with van der Waals surface area (Å²) in [6.45, 7) is 3.16. The third kappa shape index (κ3) is 4.46. The number of nitrogens with one attached hydrogen (secondary N) is 3. The summed E-state index contributed by atoms with van der Waals surface area (Å²) in [6, 6.07) is 2.49. The van der Waals surface area contributed by atoms with E-state index in [1.54, 1.807) is 6.08 Å². The molecule has 0 fully saturated rings. The van der Waals surface area contributed by atoms with E-state index in [0.29, 0.717) is 35.6 Å². The van der Waals surface area contributed by atoms with Crippen LogP contribution in [0.4, 0.5) is 15.8 Å². The molecule has 0 unspecified atom stereocenters. The van der Waals surface area contributed by atoms with Gasteiger partial charge in [0.05, 0.1) is 22.5 Å². The number of halogens is 1. The predicted molar refractivity (Wildman–Crippen MR) is 127 cm³/mol. The highest BCUT2D eigenvalue weighted by molar-refractivity contribution is 6.35. The van der Waals surface area contributed by atoms with Gasteiger partial charge in [-0.25, -0.2) is 4.39 Å². The van der Waals surface area contributed by atoms with Crippen LogP contribution in [0.2, 0.25) is 0 Å². The van der Waals surface area contributed by atoms with Crippen molar-refractivity contribution < 1.29 is 23.9 Å². The number of H-pyrrole nitrogens is 1. The topological polar surface area (TPSA) is 118 Å². The third-order valence-corrected chi connectivity index (χ3v) is 6.14. The van der Waals surface area contributed by atoms with E-state index in [9.17, 15) is 18.8 Å². The molecule has 9 nitrogen and oxygen atoms in total. The Balaban J connectivity index is 1.68. The van der Waals surface area contributed by atoms with Crippen LogP contribution in [0.3, 0.4) is 0 Å². The summed E-state index contributed by atoms with van der Waals surface area (Å²) in [4.78, 5) is 44.6. The predicted octanol–water partition coefficient (Wildman–Crippen LogP) is 1.84. The van der Waals surface area contributed by atoms with Gasteiger partial charge < -0.3 is 30.5 Å². The van der Waals surface area contributed by atoms with Gasteiger partial charge in [-0.2, -0.15) is 0 Å². The highest BCUT2D eigenvalue weighted by Gasteiger charge is 2.30. The second-order valence-corrected chi connectivity index (χ2v) is 8.81. The molecule has 2 aromatic rings. The molecule has 2 aliphatic heterocycles. The van der Waals surface area contributed by atoms with E-state index in [1.807, 2.05) is 30.8 Å². The Morgan fingerprint density at radius 3 is 2.79 bits per heavy atom. The molecular weight excluding hydrogens is 441 g/mol. The lowest BCUT2D eigenvalue weighted by molar-refractivity contribution is -0.118. The molecule has 3 heterocycles. The van der Waals surface area contributed by atoms with E-state index in [0.717, 1.165) is 30.6 Å². The maximum absolute atomic E-state index is 14.6. The molecule has 3 amide bonds. The average molecular weight is 470 g/mol. The van der Waals surface area contributed by atoms with Crippen molar-refractivity contribution in [3.63, 3.8) is 0 Å². The maximum Gasteiger partial charge on any atom is 0.256 e. The summed E-state index contributed by atoms with van der Waals surface area (Å²) in [7, 11) is 3.94. The van der Waals surface area contributed by atoms with Gasteiger partial charge in [0.25, 0.3) is 11.8 Å². The first kappa shape index (κ1) is 23.7. The van der Waals surface area contributed by atoms with Crippen LogP contribution < -0.4 is 10.6 Å². The van der Waals surface area contributed by atoms with Crippen LogP contribution in [0, 0.1) is 12.7 Å². The van der Waals surface area contributed by atoms with Gasteiger partial charge in [0.1, 0.15) is 12.4 Å². The minimum Gasteiger partial charge on any atom is -0.387 e. The third-order valence-electron chi connectivity index (χ3n) is 6.14. The molecule has 0 atom stereocenters. The van der Waals surface area contributed by atoms with Gasteiger partial charge in [0.2, 0.25) is 5.91 Å². The Morgan fingerprint density at radius 1 is 1.32 bits per heavy atom. The van der Waals surface area contributed by atoms with Gasteiger partial charge >= 0.3 is 0 Å². The van der Waals surface area contributed by atoms with E-state index < -0.39 is 24.2 Å². The fourth-order valence-electron chi connectivity index (χ4n) is 4.33. The summed E-state index contributed by atoms with van der Waals surface area (Å²) in [5, 5.41) is 13.8. The van der Waals surface area contributed by atoms with Crippen LogP contribution in [0.15, 0.2) is 12.1 Å². The number of aromatic amines is 1. The number of nitrogens with zero attached hydrogens (tertiary/aromatic N) is 2. The fourth-order valence-corrected chi connectivity index (χ4v) is 4.33. The fraction of sp³-hybridized carbons (Fsp3) is 0.375. The van der Waals surface area contributed by atoms with Crippen molar-refractivity contribution >= 4 is 40.7 Å². The smallest absolute Gasteiger partial charge is 0.256 e. The number of anilines is 2. The molecule has 1 aromatic heterocycles. The zero-order valence-electron chi connectivity index (χ0n) is 19.4. The number of carbonyl (C=O) groups excluding carboxylic acids is 3. The number of benzene rings is 1. The van der Waals surface area contributed by atoms with Crippen LogP contribution in [-0.2, 0) is 16.0 Å². The standard InChI is InChI=1S/C24H28FN5O4/c1-13-18(26-17-5-4-6-30(8-7-29(2)3)24(34)22(13)17)10-15-14-9-16(25)20(27-21(32)12-31)11-19(14)28-23(15)33/h9-11,26,31H,4-8,12H2,1-3H3,(H,27,32)(H,28,33)/b15-10-. The Morgan fingerprint density at radius 2 is 2.09 bits per heavy atom. The molecular formula is C24H28FN5O4. The largest absolute Gasteiger partial charge is 0.387 e. The van der Waals surface area contributed by atoms with Crippen LogP contribution in [0.25, 0.3) is 11.6 Å². The molecule has 1 aromatic carbocycles. The zero-order chi connectivity index (χ0) is 24.6. The number of likely N-dealkylation sites (N-methyl/N-ethyl adjacent to an activating group) is 1. The Kier molecular flexibility index (Phi) is 6.54. The van der Waals surface area contributed by atoms with E-state index in [1.165, 1.54) is 12.1 Å². The average Bonchev–Trinajstić information content (AvgIpc) is 3.19. The lowest BCUT2D eigenvalue weighted by Crippen LogP contribution is -2.36. The second kappa shape index (κ2) is 9.40. The highest BCUT2D eigenvalue weighted by Crippen LogP contribution is 2.37. The summed E-state index contributed by atoms with van der Waals surface area (Å²) >= 11 is 0. The van der Waals surface area contributed by atoms with Gasteiger partial charge in [-0.05, 0) is 57.6 Å². The van der Waals surface area contributed by atoms with Crippen LogP contribution in [0.1, 0.15) is 39.3 Å². The van der Waals surface area contributed by atoms with Crippen molar-refractivity contribution in [3.05, 3.63) is 46.0 Å². The molecule has 180 valence electrons.